The van der Waals surface area contributed by atoms with Crippen LogP contribution in [0.15, 0.2) is 35.5 Å². The van der Waals surface area contributed by atoms with Crippen LogP contribution < -0.4 is 15.5 Å². The molecule has 1 saturated heterocycles. The van der Waals surface area contributed by atoms with E-state index in [0.717, 1.165) is 24.6 Å². The Balaban J connectivity index is 2.00. The molecule has 0 bridgehead atoms. The summed E-state index contributed by atoms with van der Waals surface area (Å²) >= 11 is 8.27. The number of hydrogen-bond acceptors (Lipinski definition) is 4. The van der Waals surface area contributed by atoms with Crippen molar-refractivity contribution in [2.75, 3.05) is 37.7 Å². The van der Waals surface area contributed by atoms with E-state index in [-0.39, 0.29) is 12.6 Å². The molecule has 0 saturated carbocycles. The van der Waals surface area contributed by atoms with Gasteiger partial charge >= 0.3 is 12.0 Å². The highest BCUT2D eigenvalue weighted by molar-refractivity contribution is 7.99. The number of halogens is 1. The van der Waals surface area contributed by atoms with Crippen LogP contribution >= 0.6 is 23.4 Å². The van der Waals surface area contributed by atoms with Crippen LogP contribution in [0.1, 0.15) is 18.5 Å². The normalized spacial score (nSPS) is 21.2. The van der Waals surface area contributed by atoms with Crippen LogP contribution in [0.5, 0.6) is 0 Å². The van der Waals surface area contributed by atoms with Crippen molar-refractivity contribution < 1.29 is 19.2 Å². The highest BCUT2D eigenvalue weighted by Crippen LogP contribution is 2.31. The second-order valence-electron chi connectivity index (χ2n) is 6.20. The molecule has 2 amide bonds. The lowest BCUT2D eigenvalue weighted by molar-refractivity contribution is -0.891. The number of hydrogen-bond donors (Lipinski definition) is 3. The second kappa shape index (κ2) is 8.79. The van der Waals surface area contributed by atoms with Gasteiger partial charge in [0.2, 0.25) is 0 Å². The van der Waals surface area contributed by atoms with E-state index in [1.807, 2.05) is 30.0 Å². The minimum Gasteiger partial charge on any atom is -0.463 e. The van der Waals surface area contributed by atoms with E-state index in [1.54, 1.807) is 13.0 Å². The maximum atomic E-state index is 12.7. The van der Waals surface area contributed by atoms with Gasteiger partial charge < -0.3 is 20.3 Å². The van der Waals surface area contributed by atoms with Crippen LogP contribution in [-0.4, -0.2) is 49.7 Å². The molecule has 1 aromatic rings. The Morgan fingerprint density at radius 1 is 1.35 bits per heavy atom. The van der Waals surface area contributed by atoms with Gasteiger partial charge in [-0.2, -0.15) is 11.8 Å². The molecule has 0 radical (unpaired) electrons. The van der Waals surface area contributed by atoms with E-state index in [9.17, 15) is 9.59 Å². The van der Waals surface area contributed by atoms with Crippen molar-refractivity contribution >= 4 is 35.4 Å². The fraction of sp³-hybridized carbons (Fsp3) is 0.444. The van der Waals surface area contributed by atoms with Gasteiger partial charge in [-0.3, -0.25) is 0 Å². The maximum absolute atomic E-state index is 12.7. The number of amides is 2. The Hall–Kier alpha value is -1.70. The Bertz CT molecular complexity index is 719. The van der Waals surface area contributed by atoms with Crippen molar-refractivity contribution in [3.05, 3.63) is 46.1 Å². The summed E-state index contributed by atoms with van der Waals surface area (Å²) in [7, 11) is 0. The maximum Gasteiger partial charge on any atom is 0.338 e. The summed E-state index contributed by atoms with van der Waals surface area (Å²) in [6.07, 6.45) is 0. The van der Waals surface area contributed by atoms with E-state index < -0.39 is 12.0 Å². The molecule has 3 N–H and O–H groups in total. The van der Waals surface area contributed by atoms with Crippen LogP contribution in [-0.2, 0) is 9.53 Å². The topological polar surface area (TPSA) is 71.9 Å². The number of ether oxygens (including phenoxy) is 1. The van der Waals surface area contributed by atoms with Gasteiger partial charge in [0.25, 0.3) is 0 Å². The van der Waals surface area contributed by atoms with E-state index in [2.05, 4.69) is 10.6 Å². The minimum atomic E-state index is -0.620. The fourth-order valence-corrected chi connectivity index (χ4v) is 4.55. The summed E-state index contributed by atoms with van der Waals surface area (Å²) < 4.78 is 5.28. The molecule has 26 heavy (non-hydrogen) atoms. The number of rotatable bonds is 5. The van der Waals surface area contributed by atoms with Crippen LogP contribution in [0.25, 0.3) is 0 Å². The predicted molar refractivity (Wildman–Crippen MR) is 102 cm³/mol. The van der Waals surface area contributed by atoms with Crippen LogP contribution in [0.4, 0.5) is 4.79 Å². The smallest absolute Gasteiger partial charge is 0.338 e. The zero-order valence-corrected chi connectivity index (χ0v) is 16.2. The molecular formula is C18H23ClN3O3S+. The summed E-state index contributed by atoms with van der Waals surface area (Å²) in [4.78, 5) is 26.3. The van der Waals surface area contributed by atoms with Gasteiger partial charge in [0.15, 0.2) is 0 Å². The summed E-state index contributed by atoms with van der Waals surface area (Å²) in [6, 6.07) is 6.28. The van der Waals surface area contributed by atoms with Gasteiger partial charge in [0, 0.05) is 16.5 Å². The number of thioether (sulfide) groups is 1. The molecule has 2 aliphatic heterocycles. The lowest BCUT2D eigenvalue weighted by Gasteiger charge is -2.32. The summed E-state index contributed by atoms with van der Waals surface area (Å²) in [6.45, 7) is 4.63. The van der Waals surface area contributed by atoms with E-state index in [1.165, 1.54) is 4.90 Å². The van der Waals surface area contributed by atoms with Crippen molar-refractivity contribution in [3.8, 4) is 0 Å². The average Bonchev–Trinajstić information content (AvgIpc) is 2.62. The molecule has 0 aliphatic carbocycles. The SMILES string of the molecule is CCOC(=O)C1=C(C[NH+]2CCSCC2)NC(=O)N[C@@H]1c1ccccc1Cl. The number of esters is 1. The molecule has 1 fully saturated rings. The van der Waals surface area contributed by atoms with Crippen molar-refractivity contribution in [2.45, 2.75) is 13.0 Å². The van der Waals surface area contributed by atoms with Gasteiger partial charge in [-0.05, 0) is 18.6 Å². The predicted octanol–water partition coefficient (Wildman–Crippen LogP) is 1.14. The lowest BCUT2D eigenvalue weighted by atomic mass is 9.95. The highest BCUT2D eigenvalue weighted by atomic mass is 35.5. The molecule has 1 aromatic carbocycles. The zero-order chi connectivity index (χ0) is 18.5. The van der Waals surface area contributed by atoms with E-state index in [0.29, 0.717) is 28.4 Å². The molecule has 3 rings (SSSR count). The van der Waals surface area contributed by atoms with Crippen molar-refractivity contribution in [1.29, 1.82) is 0 Å². The van der Waals surface area contributed by atoms with Crippen LogP contribution in [0, 0.1) is 0 Å². The molecule has 6 nitrogen and oxygen atoms in total. The number of nitrogens with one attached hydrogen (secondary N) is 3. The number of benzene rings is 1. The van der Waals surface area contributed by atoms with Gasteiger partial charge in [0.1, 0.15) is 6.54 Å². The Kier molecular flexibility index (Phi) is 6.45. The van der Waals surface area contributed by atoms with Gasteiger partial charge in [-0.25, -0.2) is 9.59 Å². The molecule has 140 valence electrons. The average molecular weight is 397 g/mol. The molecular weight excluding hydrogens is 374 g/mol. The lowest BCUT2D eigenvalue weighted by Crippen LogP contribution is -3.14. The molecule has 0 aromatic heterocycles. The molecule has 8 heteroatoms. The zero-order valence-electron chi connectivity index (χ0n) is 14.6. The van der Waals surface area contributed by atoms with E-state index in [4.69, 9.17) is 16.3 Å². The monoisotopic (exact) mass is 396 g/mol. The standard InChI is InChI=1S/C18H22ClN3O3S/c1-2-25-17(23)15-14(11-22-7-9-26-10-8-22)20-18(24)21-16(15)12-5-3-4-6-13(12)19/h3-6,16H,2,7-11H2,1H3,(H2,20,21,24)/p+1/t16-/m1/s1. The largest absolute Gasteiger partial charge is 0.463 e. The van der Waals surface area contributed by atoms with Gasteiger partial charge in [0.05, 0.1) is 37.0 Å². The molecule has 2 aliphatic rings. The Labute approximate surface area is 162 Å². The molecule has 0 spiro atoms. The molecule has 2 heterocycles. The third-order valence-corrected chi connectivity index (χ3v) is 5.82. The van der Waals surface area contributed by atoms with Crippen molar-refractivity contribution in [2.24, 2.45) is 0 Å². The first-order valence-corrected chi connectivity index (χ1v) is 10.3. The molecule has 1 atom stereocenters. The first-order chi connectivity index (χ1) is 12.6. The Morgan fingerprint density at radius 2 is 2.08 bits per heavy atom. The minimum absolute atomic E-state index is 0.270. The van der Waals surface area contributed by atoms with Crippen molar-refractivity contribution in [1.82, 2.24) is 10.6 Å². The third kappa shape index (κ3) is 4.34. The summed E-state index contributed by atoms with van der Waals surface area (Å²) in [5.74, 6) is 1.74. The highest BCUT2D eigenvalue weighted by Gasteiger charge is 2.36. The summed E-state index contributed by atoms with van der Waals surface area (Å²) in [5, 5.41) is 6.16. The first kappa shape index (κ1) is 19.1. The fourth-order valence-electron chi connectivity index (χ4n) is 3.24. The molecule has 0 unspecified atom stereocenters. The van der Waals surface area contributed by atoms with Gasteiger partial charge in [-0.1, -0.05) is 29.8 Å². The van der Waals surface area contributed by atoms with Crippen molar-refractivity contribution in [3.63, 3.8) is 0 Å². The quantitative estimate of drug-likeness (QED) is 0.653. The number of urea groups is 1. The summed E-state index contributed by atoms with van der Waals surface area (Å²) in [5.41, 5.74) is 1.75. The number of carbonyl (C=O) groups excluding carboxylic acids is 2. The Morgan fingerprint density at radius 3 is 2.77 bits per heavy atom. The van der Waals surface area contributed by atoms with Crippen LogP contribution in [0.2, 0.25) is 5.02 Å². The van der Waals surface area contributed by atoms with E-state index >= 15 is 0 Å². The number of carbonyl (C=O) groups is 2. The second-order valence-corrected chi connectivity index (χ2v) is 7.84. The van der Waals surface area contributed by atoms with Gasteiger partial charge in [-0.15, -0.1) is 0 Å². The first-order valence-electron chi connectivity index (χ1n) is 8.73. The third-order valence-electron chi connectivity index (χ3n) is 4.49. The number of quaternary nitrogens is 1. The van der Waals surface area contributed by atoms with Crippen LogP contribution in [0.3, 0.4) is 0 Å².